The highest BCUT2D eigenvalue weighted by atomic mass is 16.5. The van der Waals surface area contributed by atoms with E-state index >= 15 is 0 Å². The molecule has 0 aliphatic heterocycles. The first-order chi connectivity index (χ1) is 17.3. The maximum absolute atomic E-state index is 13.9. The molecule has 0 amide bonds. The second-order valence-corrected chi connectivity index (χ2v) is 11.9. The van der Waals surface area contributed by atoms with E-state index < -0.39 is 0 Å². The molecule has 3 fully saturated rings. The lowest BCUT2D eigenvalue weighted by atomic mass is 9.48. The van der Waals surface area contributed by atoms with Gasteiger partial charge in [0.15, 0.2) is 5.78 Å². The molecule has 2 aromatic rings. The largest absolute Gasteiger partial charge is 0.462 e. The number of ether oxygens (including phenoxy) is 1. The number of ketones is 1. The predicted molar refractivity (Wildman–Crippen MR) is 139 cm³/mol. The molecule has 4 aliphatic carbocycles. The molecule has 6 atom stereocenters. The van der Waals surface area contributed by atoms with Gasteiger partial charge in [-0.05, 0) is 91.5 Å². The molecule has 0 bridgehead atoms. The summed E-state index contributed by atoms with van der Waals surface area (Å²) >= 11 is 0. The third-order valence-corrected chi connectivity index (χ3v) is 10.0. The average Bonchev–Trinajstić information content (AvgIpc) is 3.42. The van der Waals surface area contributed by atoms with Crippen LogP contribution < -0.4 is 0 Å². The van der Waals surface area contributed by atoms with Crippen molar-refractivity contribution in [2.75, 3.05) is 0 Å². The van der Waals surface area contributed by atoms with Crippen molar-refractivity contribution < 1.29 is 14.3 Å². The van der Waals surface area contributed by atoms with Crippen LogP contribution in [0, 0.1) is 28.6 Å². The van der Waals surface area contributed by atoms with Gasteiger partial charge in [-0.2, -0.15) is 5.10 Å². The van der Waals surface area contributed by atoms with Gasteiger partial charge in [0.05, 0.1) is 17.6 Å². The van der Waals surface area contributed by atoms with Crippen LogP contribution in [0.4, 0.5) is 0 Å². The number of rotatable bonds is 3. The summed E-state index contributed by atoms with van der Waals surface area (Å²) in [5, 5.41) is 4.53. The Hall–Kier alpha value is -2.95. The van der Waals surface area contributed by atoms with Crippen molar-refractivity contribution in [2.45, 2.75) is 71.8 Å². The molecular weight excluding hydrogens is 448 g/mol. The Morgan fingerprint density at radius 1 is 1.06 bits per heavy atom. The molecule has 0 unspecified atom stereocenters. The lowest BCUT2D eigenvalue weighted by molar-refractivity contribution is -0.148. The Kier molecular flexibility index (Phi) is 5.58. The average molecular weight is 485 g/mol. The number of carbonyl (C=O) groups is 2. The van der Waals surface area contributed by atoms with E-state index in [1.807, 2.05) is 47.3 Å². The molecule has 0 N–H and O–H groups in total. The topological polar surface area (TPSA) is 61.2 Å². The van der Waals surface area contributed by atoms with Gasteiger partial charge in [0.25, 0.3) is 0 Å². The van der Waals surface area contributed by atoms with E-state index in [1.165, 1.54) is 12.5 Å². The molecule has 0 saturated heterocycles. The first kappa shape index (κ1) is 23.4. The first-order valence-electron chi connectivity index (χ1n) is 13.5. The van der Waals surface area contributed by atoms with Gasteiger partial charge in [0.2, 0.25) is 0 Å². The number of hydrogen-bond acceptors (Lipinski definition) is 4. The molecule has 1 heterocycles. The van der Waals surface area contributed by atoms with Crippen LogP contribution in [0.3, 0.4) is 0 Å². The summed E-state index contributed by atoms with van der Waals surface area (Å²) in [4.78, 5) is 25.4. The van der Waals surface area contributed by atoms with Crippen molar-refractivity contribution in [1.29, 1.82) is 0 Å². The minimum atomic E-state index is -0.277. The standard InChI is InChI=1S/C31H36N2O3/c1-20(34)36-25-11-14-30(2)22(19-25)9-10-26-27(30)12-15-31(3)28(26)18-21(29(31)35)17-24-13-16-32-33(24)23-7-5-4-6-8-23/h4-9,13,16-17,25-28H,10-12,14-15,18-19H2,1-3H3/b21-17+/t25-,26-,27+,28+,30-,31-/m0/s1. The number of Topliss-reactive ketones (excluding diaryl/α,β-unsaturated/α-hetero) is 1. The fourth-order valence-corrected chi connectivity index (χ4v) is 8.15. The van der Waals surface area contributed by atoms with Crippen molar-refractivity contribution in [3.8, 4) is 5.69 Å². The van der Waals surface area contributed by atoms with E-state index in [0.717, 1.165) is 61.9 Å². The molecule has 4 aliphatic rings. The highest BCUT2D eigenvalue weighted by Crippen LogP contribution is 2.64. The summed E-state index contributed by atoms with van der Waals surface area (Å²) in [6, 6.07) is 12.1. The number of carbonyl (C=O) groups excluding carboxylic acids is 2. The van der Waals surface area contributed by atoms with Gasteiger partial charge < -0.3 is 4.74 Å². The molecule has 1 aromatic heterocycles. The highest BCUT2D eigenvalue weighted by molar-refractivity contribution is 6.05. The smallest absolute Gasteiger partial charge is 0.302 e. The second kappa shape index (κ2) is 8.57. The Morgan fingerprint density at radius 2 is 1.83 bits per heavy atom. The van der Waals surface area contributed by atoms with Gasteiger partial charge in [-0.3, -0.25) is 9.59 Å². The quantitative estimate of drug-likeness (QED) is 0.290. The van der Waals surface area contributed by atoms with Crippen molar-refractivity contribution in [1.82, 2.24) is 9.78 Å². The predicted octanol–water partition coefficient (Wildman–Crippen LogP) is 6.33. The zero-order valence-corrected chi connectivity index (χ0v) is 21.6. The number of aromatic nitrogens is 2. The lowest BCUT2D eigenvalue weighted by Crippen LogP contribution is -2.50. The second-order valence-electron chi connectivity index (χ2n) is 11.9. The van der Waals surface area contributed by atoms with E-state index in [-0.39, 0.29) is 22.9 Å². The van der Waals surface area contributed by atoms with Crippen molar-refractivity contribution >= 4 is 17.8 Å². The molecule has 5 heteroatoms. The third-order valence-electron chi connectivity index (χ3n) is 10.0. The van der Waals surface area contributed by atoms with Gasteiger partial charge in [-0.25, -0.2) is 4.68 Å². The minimum absolute atomic E-state index is 0.0179. The van der Waals surface area contributed by atoms with Crippen LogP contribution in [0.5, 0.6) is 0 Å². The number of esters is 1. The van der Waals surface area contributed by atoms with E-state index in [4.69, 9.17) is 4.74 Å². The fraction of sp³-hybridized carbons (Fsp3) is 0.516. The summed E-state index contributed by atoms with van der Waals surface area (Å²) in [5.41, 5.74) is 4.29. The van der Waals surface area contributed by atoms with Gasteiger partial charge >= 0.3 is 5.97 Å². The summed E-state index contributed by atoms with van der Waals surface area (Å²) in [7, 11) is 0. The molecule has 0 radical (unpaired) electrons. The Morgan fingerprint density at radius 3 is 2.61 bits per heavy atom. The van der Waals surface area contributed by atoms with Crippen LogP contribution in [-0.2, 0) is 14.3 Å². The summed E-state index contributed by atoms with van der Waals surface area (Å²) < 4.78 is 7.51. The zero-order chi connectivity index (χ0) is 25.1. The molecular formula is C31H36N2O3. The number of hydrogen-bond donors (Lipinski definition) is 0. The zero-order valence-electron chi connectivity index (χ0n) is 21.6. The molecule has 0 spiro atoms. The minimum Gasteiger partial charge on any atom is -0.462 e. The normalized spacial score (nSPS) is 36.6. The number of benzene rings is 1. The molecule has 1 aromatic carbocycles. The summed E-state index contributed by atoms with van der Waals surface area (Å²) in [5.74, 6) is 1.66. The van der Waals surface area contributed by atoms with Crippen molar-refractivity contribution in [3.05, 3.63) is 65.5 Å². The molecule has 36 heavy (non-hydrogen) atoms. The van der Waals surface area contributed by atoms with Crippen LogP contribution in [-0.4, -0.2) is 27.6 Å². The van der Waals surface area contributed by atoms with Crippen LogP contribution in [0.1, 0.15) is 71.4 Å². The van der Waals surface area contributed by atoms with E-state index in [0.29, 0.717) is 23.5 Å². The molecule has 188 valence electrons. The first-order valence-corrected chi connectivity index (χ1v) is 13.5. The van der Waals surface area contributed by atoms with E-state index in [1.54, 1.807) is 0 Å². The van der Waals surface area contributed by atoms with Gasteiger partial charge in [-0.15, -0.1) is 0 Å². The highest BCUT2D eigenvalue weighted by Gasteiger charge is 2.60. The number of nitrogens with zero attached hydrogens (tertiary/aromatic N) is 2. The fourth-order valence-electron chi connectivity index (χ4n) is 8.15. The van der Waals surface area contributed by atoms with Crippen molar-refractivity contribution in [3.63, 3.8) is 0 Å². The van der Waals surface area contributed by atoms with E-state index in [2.05, 4.69) is 31.1 Å². The maximum atomic E-state index is 13.9. The molecule has 3 saturated carbocycles. The number of allylic oxidation sites excluding steroid dienone is 2. The maximum Gasteiger partial charge on any atom is 0.302 e. The van der Waals surface area contributed by atoms with Crippen LogP contribution in [0.25, 0.3) is 11.8 Å². The summed E-state index contributed by atoms with van der Waals surface area (Å²) in [6.07, 6.45) is 13.2. The Labute approximate surface area is 213 Å². The van der Waals surface area contributed by atoms with Gasteiger partial charge in [-0.1, -0.05) is 43.7 Å². The van der Waals surface area contributed by atoms with E-state index in [9.17, 15) is 9.59 Å². The van der Waals surface area contributed by atoms with Crippen molar-refractivity contribution in [2.24, 2.45) is 28.6 Å². The molecule has 5 nitrogen and oxygen atoms in total. The summed E-state index contributed by atoms with van der Waals surface area (Å²) in [6.45, 7) is 6.18. The monoisotopic (exact) mass is 484 g/mol. The Balaban J connectivity index is 1.29. The van der Waals surface area contributed by atoms with Gasteiger partial charge in [0, 0.05) is 18.8 Å². The van der Waals surface area contributed by atoms with Crippen LogP contribution in [0.2, 0.25) is 0 Å². The molecule has 6 rings (SSSR count). The van der Waals surface area contributed by atoms with Gasteiger partial charge in [0.1, 0.15) is 6.10 Å². The SMILES string of the molecule is CC(=O)O[C@H]1CC[C@@]2(C)C(=CC[C@H]3[C@H]2CC[C@]2(C)C(=O)/C(=C/c4ccnn4-c4ccccc4)C[C@H]32)C1. The Bertz CT molecular complexity index is 1260. The van der Waals surface area contributed by atoms with Crippen LogP contribution in [0.15, 0.2) is 59.8 Å². The van der Waals surface area contributed by atoms with Crippen LogP contribution >= 0.6 is 0 Å². The number of para-hydroxylation sites is 1. The number of fused-ring (bicyclic) bond motifs is 5. The lowest BCUT2D eigenvalue weighted by Gasteiger charge is -2.56. The third kappa shape index (κ3) is 3.62.